The summed E-state index contributed by atoms with van der Waals surface area (Å²) in [5.41, 5.74) is 0.389. The Morgan fingerprint density at radius 2 is 1.95 bits per heavy atom. The van der Waals surface area contributed by atoms with Gasteiger partial charge in [0.05, 0.1) is 18.3 Å². The maximum Gasteiger partial charge on any atom is 0.273 e. The molecule has 0 aromatic carbocycles. The normalized spacial score (nSPS) is 27.5. The molecule has 0 spiro atoms. The Balaban J connectivity index is 1.56. The van der Waals surface area contributed by atoms with Crippen LogP contribution in [0.4, 0.5) is 0 Å². The van der Waals surface area contributed by atoms with E-state index in [0.29, 0.717) is 11.7 Å². The van der Waals surface area contributed by atoms with Gasteiger partial charge in [-0.1, -0.05) is 5.21 Å². The predicted octanol–water partition coefficient (Wildman–Crippen LogP) is 0.236. The SMILES string of the molecule is O=C(NC1CCC(O)CC1)c1cn(C2CCNCC2)nn1. The molecule has 1 aliphatic carbocycles. The molecule has 1 amide bonds. The van der Waals surface area contributed by atoms with Gasteiger partial charge in [-0.15, -0.1) is 5.10 Å². The molecule has 7 nitrogen and oxygen atoms in total. The van der Waals surface area contributed by atoms with Crippen LogP contribution in [0.3, 0.4) is 0 Å². The molecule has 7 heteroatoms. The molecule has 1 aromatic rings. The van der Waals surface area contributed by atoms with Crippen LogP contribution in [0.1, 0.15) is 55.1 Å². The van der Waals surface area contributed by atoms with Gasteiger partial charge in [0.25, 0.3) is 5.91 Å². The van der Waals surface area contributed by atoms with E-state index in [-0.39, 0.29) is 18.1 Å². The first-order valence-corrected chi connectivity index (χ1v) is 7.84. The van der Waals surface area contributed by atoms with Gasteiger partial charge in [0.1, 0.15) is 0 Å². The average molecular weight is 293 g/mol. The highest BCUT2D eigenvalue weighted by Gasteiger charge is 2.23. The van der Waals surface area contributed by atoms with Crippen molar-refractivity contribution in [1.82, 2.24) is 25.6 Å². The summed E-state index contributed by atoms with van der Waals surface area (Å²) < 4.78 is 1.82. The van der Waals surface area contributed by atoms with Gasteiger partial charge < -0.3 is 15.7 Å². The summed E-state index contributed by atoms with van der Waals surface area (Å²) in [6.07, 6.45) is 6.75. The van der Waals surface area contributed by atoms with Crippen molar-refractivity contribution < 1.29 is 9.90 Å². The van der Waals surface area contributed by atoms with Gasteiger partial charge in [-0.2, -0.15) is 0 Å². The van der Waals surface area contributed by atoms with Crippen molar-refractivity contribution >= 4 is 5.91 Å². The Morgan fingerprint density at radius 1 is 1.24 bits per heavy atom. The van der Waals surface area contributed by atoms with Crippen LogP contribution >= 0.6 is 0 Å². The van der Waals surface area contributed by atoms with Crippen LogP contribution in [0.2, 0.25) is 0 Å². The molecule has 0 bridgehead atoms. The molecule has 0 atom stereocenters. The van der Waals surface area contributed by atoms with E-state index in [2.05, 4.69) is 20.9 Å². The second kappa shape index (κ2) is 6.53. The first kappa shape index (κ1) is 14.5. The second-order valence-electron chi connectivity index (χ2n) is 6.04. The molecule has 1 aromatic heterocycles. The van der Waals surface area contributed by atoms with Crippen molar-refractivity contribution in [3.8, 4) is 0 Å². The van der Waals surface area contributed by atoms with Gasteiger partial charge in [0.2, 0.25) is 0 Å². The number of carbonyl (C=O) groups excluding carboxylic acids is 1. The third-order valence-corrected chi connectivity index (χ3v) is 4.46. The number of piperidine rings is 1. The van der Waals surface area contributed by atoms with Crippen LogP contribution in [-0.4, -0.2) is 51.2 Å². The third kappa shape index (κ3) is 3.59. The van der Waals surface area contributed by atoms with Crippen molar-refractivity contribution in [3.05, 3.63) is 11.9 Å². The molecular weight excluding hydrogens is 270 g/mol. The van der Waals surface area contributed by atoms with E-state index < -0.39 is 0 Å². The topological polar surface area (TPSA) is 92.1 Å². The molecule has 0 radical (unpaired) electrons. The van der Waals surface area contributed by atoms with E-state index in [0.717, 1.165) is 51.6 Å². The number of aliphatic hydroxyl groups excluding tert-OH is 1. The van der Waals surface area contributed by atoms with Crippen LogP contribution in [0, 0.1) is 0 Å². The highest BCUT2D eigenvalue weighted by Crippen LogP contribution is 2.19. The highest BCUT2D eigenvalue weighted by atomic mass is 16.3. The molecule has 1 aliphatic heterocycles. The Kier molecular flexibility index (Phi) is 4.50. The van der Waals surface area contributed by atoms with Gasteiger partial charge in [-0.05, 0) is 51.6 Å². The minimum atomic E-state index is -0.209. The highest BCUT2D eigenvalue weighted by molar-refractivity contribution is 5.92. The Hall–Kier alpha value is -1.47. The van der Waals surface area contributed by atoms with Crippen molar-refractivity contribution in [2.24, 2.45) is 0 Å². The van der Waals surface area contributed by atoms with E-state index in [1.54, 1.807) is 6.20 Å². The number of nitrogens with zero attached hydrogens (tertiary/aromatic N) is 3. The summed E-state index contributed by atoms with van der Waals surface area (Å²) in [7, 11) is 0. The number of aliphatic hydroxyl groups is 1. The van der Waals surface area contributed by atoms with Crippen LogP contribution in [0.5, 0.6) is 0 Å². The van der Waals surface area contributed by atoms with Crippen molar-refractivity contribution in [1.29, 1.82) is 0 Å². The molecule has 2 heterocycles. The zero-order chi connectivity index (χ0) is 14.7. The lowest BCUT2D eigenvalue weighted by molar-refractivity contribution is 0.0863. The van der Waals surface area contributed by atoms with Crippen molar-refractivity contribution in [3.63, 3.8) is 0 Å². The number of rotatable bonds is 3. The maximum absolute atomic E-state index is 12.2. The number of aromatic nitrogens is 3. The number of amides is 1. The number of hydrogen-bond acceptors (Lipinski definition) is 5. The summed E-state index contributed by atoms with van der Waals surface area (Å²) >= 11 is 0. The quantitative estimate of drug-likeness (QED) is 0.742. The van der Waals surface area contributed by atoms with Gasteiger partial charge >= 0.3 is 0 Å². The molecule has 2 aliphatic rings. The van der Waals surface area contributed by atoms with Gasteiger partial charge in [0.15, 0.2) is 5.69 Å². The van der Waals surface area contributed by atoms with E-state index in [1.807, 2.05) is 4.68 Å². The van der Waals surface area contributed by atoms with E-state index in [9.17, 15) is 9.90 Å². The average Bonchev–Trinajstić information content (AvgIpc) is 3.00. The Labute approximate surface area is 124 Å². The molecule has 2 fully saturated rings. The van der Waals surface area contributed by atoms with Crippen LogP contribution in [0.15, 0.2) is 6.20 Å². The predicted molar refractivity (Wildman–Crippen MR) is 76.9 cm³/mol. The number of hydrogen-bond donors (Lipinski definition) is 3. The summed E-state index contributed by atoms with van der Waals surface area (Å²) in [5.74, 6) is -0.156. The molecule has 1 saturated carbocycles. The van der Waals surface area contributed by atoms with E-state index in [4.69, 9.17) is 0 Å². The van der Waals surface area contributed by atoms with Crippen molar-refractivity contribution in [2.75, 3.05) is 13.1 Å². The largest absolute Gasteiger partial charge is 0.393 e. The lowest BCUT2D eigenvalue weighted by Gasteiger charge is -2.25. The lowest BCUT2D eigenvalue weighted by atomic mass is 9.93. The summed E-state index contributed by atoms with van der Waals surface area (Å²) in [6.45, 7) is 1.97. The zero-order valence-electron chi connectivity index (χ0n) is 12.2. The van der Waals surface area contributed by atoms with Crippen LogP contribution in [0.25, 0.3) is 0 Å². The van der Waals surface area contributed by atoms with Gasteiger partial charge in [0, 0.05) is 6.04 Å². The summed E-state index contributed by atoms with van der Waals surface area (Å²) in [5, 5.41) is 23.9. The molecule has 0 unspecified atom stereocenters. The minimum Gasteiger partial charge on any atom is -0.393 e. The Morgan fingerprint density at radius 3 is 2.67 bits per heavy atom. The van der Waals surface area contributed by atoms with Gasteiger partial charge in [-0.25, -0.2) is 4.68 Å². The number of carbonyl (C=O) groups is 1. The standard InChI is InChI=1S/C14H23N5O2/c20-12-3-1-10(2-4-12)16-14(21)13-9-19(18-17-13)11-5-7-15-8-6-11/h9-12,15,20H,1-8H2,(H,16,21). The van der Waals surface area contributed by atoms with E-state index >= 15 is 0 Å². The van der Waals surface area contributed by atoms with Crippen molar-refractivity contribution in [2.45, 2.75) is 56.7 Å². The molecule has 3 rings (SSSR count). The summed E-state index contributed by atoms with van der Waals surface area (Å²) in [4.78, 5) is 12.2. The van der Waals surface area contributed by atoms with Crippen LogP contribution in [-0.2, 0) is 0 Å². The fourth-order valence-corrected chi connectivity index (χ4v) is 3.11. The molecule has 3 N–H and O–H groups in total. The monoisotopic (exact) mass is 293 g/mol. The van der Waals surface area contributed by atoms with E-state index in [1.165, 1.54) is 0 Å². The zero-order valence-corrected chi connectivity index (χ0v) is 12.2. The van der Waals surface area contributed by atoms with Gasteiger partial charge in [-0.3, -0.25) is 4.79 Å². The first-order chi connectivity index (χ1) is 10.2. The minimum absolute atomic E-state index is 0.143. The first-order valence-electron chi connectivity index (χ1n) is 7.84. The third-order valence-electron chi connectivity index (χ3n) is 4.46. The molecule has 1 saturated heterocycles. The molecular formula is C14H23N5O2. The van der Waals surface area contributed by atoms with Crippen LogP contribution < -0.4 is 10.6 Å². The Bertz CT molecular complexity index is 475. The molecule has 21 heavy (non-hydrogen) atoms. The lowest BCUT2D eigenvalue weighted by Crippen LogP contribution is -2.38. The fourth-order valence-electron chi connectivity index (χ4n) is 3.11. The fraction of sp³-hybridized carbons (Fsp3) is 0.786. The molecule has 116 valence electrons. The summed E-state index contributed by atoms with van der Waals surface area (Å²) in [6, 6.07) is 0.482. The second-order valence-corrected chi connectivity index (χ2v) is 6.04. The number of nitrogens with one attached hydrogen (secondary N) is 2. The maximum atomic E-state index is 12.2. The smallest absolute Gasteiger partial charge is 0.273 e.